The molecular weight excluding hydrogens is 649 g/mol. The average Bonchev–Trinajstić information content (AvgIpc) is 3.17. The second kappa shape index (κ2) is 11.2. The second-order valence-electron chi connectivity index (χ2n) is 18.7. The monoisotopic (exact) mass is 696 g/mol. The first-order valence-corrected chi connectivity index (χ1v) is 20.2. The zero-order chi connectivity index (χ0) is 36.7. The molecule has 7 aliphatic rings. The number of fused-ring (bicyclic) bond motifs is 2. The van der Waals surface area contributed by atoms with E-state index in [-0.39, 0.29) is 10.8 Å². The molecule has 0 aromatic heterocycles. The Kier molecular flexibility index (Phi) is 6.67. The minimum absolute atomic E-state index is 0.126. The molecule has 0 saturated heterocycles. The van der Waals surface area contributed by atoms with Gasteiger partial charge in [0, 0.05) is 23.7 Å². The summed E-state index contributed by atoms with van der Waals surface area (Å²) in [6.45, 7) is 14.0. The zero-order valence-electron chi connectivity index (χ0n) is 32.4. The molecule has 4 aromatic rings. The Morgan fingerprint density at radius 2 is 0.944 bits per heavy atom. The van der Waals surface area contributed by atoms with Crippen LogP contribution in [0.5, 0.6) is 0 Å². The van der Waals surface area contributed by atoms with Crippen molar-refractivity contribution in [3.8, 4) is 22.3 Å². The Morgan fingerprint density at radius 1 is 0.500 bits per heavy atom. The number of hydrogen-bond acceptors (Lipinski definition) is 0. The van der Waals surface area contributed by atoms with Crippen LogP contribution in [-0.2, 0) is 0 Å². The predicted octanol–water partition coefficient (Wildman–Crippen LogP) is 12.9. The van der Waals surface area contributed by atoms with Crippen LogP contribution in [0.25, 0.3) is 69.5 Å². The van der Waals surface area contributed by atoms with Crippen LogP contribution in [0.3, 0.4) is 0 Å². The summed E-state index contributed by atoms with van der Waals surface area (Å²) >= 11 is 0. The zero-order valence-corrected chi connectivity index (χ0v) is 32.4. The van der Waals surface area contributed by atoms with Crippen molar-refractivity contribution in [1.82, 2.24) is 0 Å². The molecule has 0 radical (unpaired) electrons. The Labute approximate surface area is 320 Å². The van der Waals surface area contributed by atoms with Gasteiger partial charge in [-0.1, -0.05) is 175 Å². The first kappa shape index (κ1) is 32.2. The summed E-state index contributed by atoms with van der Waals surface area (Å²) in [5.74, 6) is 1.51. The van der Waals surface area contributed by atoms with Crippen LogP contribution in [-0.4, -0.2) is 0 Å². The summed E-state index contributed by atoms with van der Waals surface area (Å²) in [6, 6.07) is 18.9. The number of allylic oxidation sites excluding steroid dienone is 12. The number of benzene rings is 4. The van der Waals surface area contributed by atoms with E-state index < -0.39 is 0 Å². The van der Waals surface area contributed by atoms with Crippen LogP contribution in [0, 0.1) is 22.7 Å². The largest absolute Gasteiger partial charge is 0.0760 e. The van der Waals surface area contributed by atoms with Gasteiger partial charge >= 0.3 is 0 Å². The molecule has 0 spiro atoms. The van der Waals surface area contributed by atoms with E-state index in [1.54, 1.807) is 0 Å². The Balaban J connectivity index is 1.14. The van der Waals surface area contributed by atoms with Crippen LogP contribution in [0.1, 0.15) is 99.6 Å². The molecule has 0 amide bonds. The Hall–Kier alpha value is -5.20. The molecule has 4 atom stereocenters. The summed E-state index contributed by atoms with van der Waals surface area (Å²) in [5, 5.41) is 5.51. The first-order valence-electron chi connectivity index (χ1n) is 20.2. The molecule has 0 saturated carbocycles. The van der Waals surface area contributed by atoms with Crippen LogP contribution in [0.2, 0.25) is 0 Å². The predicted molar refractivity (Wildman–Crippen MR) is 232 cm³/mol. The van der Waals surface area contributed by atoms with E-state index >= 15 is 0 Å². The van der Waals surface area contributed by atoms with Gasteiger partial charge in [-0.15, -0.1) is 0 Å². The van der Waals surface area contributed by atoms with Gasteiger partial charge in [-0.25, -0.2) is 0 Å². The van der Waals surface area contributed by atoms with Crippen molar-refractivity contribution in [1.29, 1.82) is 0 Å². The normalized spacial score (nSPS) is 23.7. The first-order chi connectivity index (χ1) is 26.0. The van der Waals surface area contributed by atoms with Gasteiger partial charge in [0.15, 0.2) is 0 Å². The molecule has 11 rings (SSSR count). The molecule has 0 bridgehead atoms. The lowest BCUT2D eigenvalue weighted by Crippen LogP contribution is -2.32. The van der Waals surface area contributed by atoms with E-state index in [4.69, 9.17) is 0 Å². The molecule has 264 valence electrons. The van der Waals surface area contributed by atoms with Gasteiger partial charge in [-0.05, 0) is 123 Å². The lowest BCUT2D eigenvalue weighted by molar-refractivity contribution is 0.499. The summed E-state index contributed by atoms with van der Waals surface area (Å²) in [7, 11) is 0. The third-order valence-corrected chi connectivity index (χ3v) is 13.5. The summed E-state index contributed by atoms with van der Waals surface area (Å²) < 4.78 is 0. The lowest BCUT2D eigenvalue weighted by Gasteiger charge is -2.39. The van der Waals surface area contributed by atoms with Gasteiger partial charge in [0.2, 0.25) is 0 Å². The number of rotatable bonds is 2. The molecule has 0 heterocycles. The van der Waals surface area contributed by atoms with Crippen molar-refractivity contribution in [2.45, 2.75) is 66.2 Å². The molecule has 0 aliphatic heterocycles. The fourth-order valence-corrected chi connectivity index (χ4v) is 10.8. The van der Waals surface area contributed by atoms with Crippen LogP contribution >= 0.6 is 0 Å². The highest BCUT2D eigenvalue weighted by Crippen LogP contribution is 2.54. The van der Waals surface area contributed by atoms with E-state index in [0.717, 1.165) is 12.8 Å². The topological polar surface area (TPSA) is 0 Å². The fraction of sp³-hybridized carbons (Fsp3) is 0.259. The van der Waals surface area contributed by atoms with Crippen molar-refractivity contribution >= 4 is 47.2 Å². The Bertz CT molecular complexity index is 2590. The molecule has 4 aromatic carbocycles. The molecule has 0 nitrogen and oxygen atoms in total. The highest BCUT2D eigenvalue weighted by molar-refractivity contribution is 6.08. The highest BCUT2D eigenvalue weighted by atomic mass is 14.4. The maximum Gasteiger partial charge on any atom is 0.0199 e. The smallest absolute Gasteiger partial charge is 0.0199 e. The standard InChI is InChI=1S/C54H48/c1-53(2,3)37-27-33-17-15-31-19-23-45(43-25-21-35(29-37)47(33)49(31)43)51-39-11-7-9-13-41(39)52(42-14-10-8-12-40(42)51)46-24-20-32-16-18-34-28-38(54(4,5)6)30-36-22-26-44(46)50(32)48(34)36/h7,9,11-30,33-34,47-48H,8,10H2,1-6H3. The molecular formula is C54H48. The van der Waals surface area contributed by atoms with E-state index in [9.17, 15) is 0 Å². The summed E-state index contributed by atoms with van der Waals surface area (Å²) in [4.78, 5) is 0. The Morgan fingerprint density at radius 3 is 1.37 bits per heavy atom. The van der Waals surface area contributed by atoms with E-state index in [1.807, 2.05) is 0 Å². The van der Waals surface area contributed by atoms with Gasteiger partial charge < -0.3 is 0 Å². The minimum Gasteiger partial charge on any atom is -0.0760 e. The minimum atomic E-state index is 0.126. The molecule has 7 aliphatic carbocycles. The molecule has 0 N–H and O–H groups in total. The lowest BCUT2D eigenvalue weighted by atomic mass is 9.64. The molecule has 4 unspecified atom stereocenters. The van der Waals surface area contributed by atoms with Crippen LogP contribution in [0.15, 0.2) is 119 Å². The van der Waals surface area contributed by atoms with Gasteiger partial charge in [-0.3, -0.25) is 0 Å². The van der Waals surface area contributed by atoms with Gasteiger partial charge in [0.25, 0.3) is 0 Å². The maximum atomic E-state index is 2.55. The number of hydrogen-bond donors (Lipinski definition) is 0. The van der Waals surface area contributed by atoms with E-state index in [2.05, 4.69) is 175 Å². The van der Waals surface area contributed by atoms with E-state index in [0.29, 0.717) is 23.7 Å². The summed E-state index contributed by atoms with van der Waals surface area (Å²) in [6.07, 6.45) is 36.7. The van der Waals surface area contributed by atoms with Crippen molar-refractivity contribution in [2.24, 2.45) is 22.7 Å². The van der Waals surface area contributed by atoms with Crippen molar-refractivity contribution < 1.29 is 0 Å². The third-order valence-electron chi connectivity index (χ3n) is 13.5. The van der Waals surface area contributed by atoms with Crippen molar-refractivity contribution in [3.63, 3.8) is 0 Å². The van der Waals surface area contributed by atoms with Crippen LogP contribution < -0.4 is 10.4 Å². The average molecular weight is 697 g/mol. The fourth-order valence-electron chi connectivity index (χ4n) is 10.8. The van der Waals surface area contributed by atoms with Gasteiger partial charge in [-0.2, -0.15) is 0 Å². The quantitative estimate of drug-likeness (QED) is 0.196. The molecule has 0 fully saturated rings. The van der Waals surface area contributed by atoms with Crippen molar-refractivity contribution in [2.75, 3.05) is 0 Å². The second-order valence-corrected chi connectivity index (χ2v) is 18.7. The van der Waals surface area contributed by atoms with Gasteiger partial charge in [0.1, 0.15) is 0 Å². The summed E-state index contributed by atoms with van der Waals surface area (Å²) in [5.41, 5.74) is 20.1. The maximum absolute atomic E-state index is 2.55. The van der Waals surface area contributed by atoms with Gasteiger partial charge in [0.05, 0.1) is 0 Å². The van der Waals surface area contributed by atoms with Crippen LogP contribution in [0.4, 0.5) is 0 Å². The third kappa shape index (κ3) is 4.56. The molecule has 54 heavy (non-hydrogen) atoms. The van der Waals surface area contributed by atoms with Crippen molar-refractivity contribution in [3.05, 3.63) is 163 Å². The highest BCUT2D eigenvalue weighted by Gasteiger charge is 2.38. The molecule has 0 heteroatoms. The SMILES string of the molecule is CC(C)(C)C1=CC2C=Cc3ccc(-c4c5c(c(-c6ccc7c8c6C=CC6=CC(C(C)(C)C)=CC(C=C7)C68)c6ccccc46)=CCCC=5)c4c3C2C(=C1)C=C4. The van der Waals surface area contributed by atoms with E-state index in [1.165, 1.54) is 99.1 Å².